The Morgan fingerprint density at radius 2 is 1.93 bits per heavy atom. The maximum Gasteiger partial charge on any atom is 0.309 e. The summed E-state index contributed by atoms with van der Waals surface area (Å²) in [6.07, 6.45) is 0. The van der Waals surface area contributed by atoms with Gasteiger partial charge >= 0.3 is 5.97 Å². The Hall–Kier alpha value is -1.55. The fraction of sp³-hybridized carbons (Fsp3) is 0.364. The number of aliphatic hydroxyl groups is 1. The van der Waals surface area contributed by atoms with Gasteiger partial charge in [0.1, 0.15) is 11.4 Å². The Bertz CT molecular complexity index is 371. The monoisotopic (exact) mass is 210 g/mol. The van der Waals surface area contributed by atoms with E-state index >= 15 is 0 Å². The number of hydrogen-bond donors (Lipinski definition) is 3. The fourth-order valence-electron chi connectivity index (χ4n) is 1.38. The van der Waals surface area contributed by atoms with Crippen LogP contribution in [0, 0.1) is 5.92 Å². The van der Waals surface area contributed by atoms with Crippen LogP contribution in [0.15, 0.2) is 24.3 Å². The molecule has 3 N–H and O–H groups in total. The standard InChI is InChI=1S/C11H14O4/c1-7(10(13)14)11(2,15)8-5-3-4-6-9(8)12/h3-7,12,15H,1-2H3,(H,13,14). The molecule has 1 aromatic carbocycles. The van der Waals surface area contributed by atoms with Gasteiger partial charge in [-0.1, -0.05) is 18.2 Å². The van der Waals surface area contributed by atoms with Crippen molar-refractivity contribution in [2.45, 2.75) is 19.4 Å². The SMILES string of the molecule is CC(C(=O)O)C(C)(O)c1ccccc1O. The number of phenolic OH excluding ortho intramolecular Hbond substituents is 1. The Balaban J connectivity index is 3.16. The molecule has 0 aliphatic carbocycles. The lowest BCUT2D eigenvalue weighted by molar-refractivity contribution is -0.150. The Morgan fingerprint density at radius 3 is 2.40 bits per heavy atom. The fourth-order valence-corrected chi connectivity index (χ4v) is 1.38. The van der Waals surface area contributed by atoms with Gasteiger partial charge in [-0.2, -0.15) is 0 Å². The third kappa shape index (κ3) is 2.10. The van der Waals surface area contributed by atoms with Crippen LogP contribution in [-0.2, 0) is 10.4 Å². The Morgan fingerprint density at radius 1 is 1.40 bits per heavy atom. The smallest absolute Gasteiger partial charge is 0.309 e. The predicted molar refractivity (Wildman–Crippen MR) is 54.5 cm³/mol. The molecule has 0 aromatic heterocycles. The average molecular weight is 210 g/mol. The molecule has 2 atom stereocenters. The van der Waals surface area contributed by atoms with Gasteiger partial charge in [0.15, 0.2) is 0 Å². The van der Waals surface area contributed by atoms with Gasteiger partial charge in [-0.3, -0.25) is 4.79 Å². The van der Waals surface area contributed by atoms with Gasteiger partial charge in [0.05, 0.1) is 5.92 Å². The van der Waals surface area contributed by atoms with E-state index in [0.29, 0.717) is 0 Å². The zero-order valence-corrected chi connectivity index (χ0v) is 8.64. The third-order valence-electron chi connectivity index (χ3n) is 2.66. The molecule has 0 aliphatic rings. The highest BCUT2D eigenvalue weighted by Crippen LogP contribution is 2.34. The first-order chi connectivity index (χ1) is 6.87. The van der Waals surface area contributed by atoms with E-state index in [9.17, 15) is 15.0 Å². The number of benzene rings is 1. The van der Waals surface area contributed by atoms with Crippen molar-refractivity contribution in [2.75, 3.05) is 0 Å². The summed E-state index contributed by atoms with van der Waals surface area (Å²) in [4.78, 5) is 10.8. The number of aliphatic carboxylic acids is 1. The van der Waals surface area contributed by atoms with Crippen molar-refractivity contribution in [3.8, 4) is 5.75 Å². The molecule has 0 amide bonds. The molecule has 0 radical (unpaired) electrons. The summed E-state index contributed by atoms with van der Waals surface area (Å²) >= 11 is 0. The molecular weight excluding hydrogens is 196 g/mol. The van der Waals surface area contributed by atoms with E-state index in [1.165, 1.54) is 26.0 Å². The second-order valence-electron chi connectivity index (χ2n) is 3.72. The molecule has 15 heavy (non-hydrogen) atoms. The topological polar surface area (TPSA) is 77.8 Å². The molecule has 82 valence electrons. The summed E-state index contributed by atoms with van der Waals surface area (Å²) in [6, 6.07) is 6.17. The van der Waals surface area contributed by atoms with Crippen molar-refractivity contribution in [1.82, 2.24) is 0 Å². The van der Waals surface area contributed by atoms with Crippen LogP contribution < -0.4 is 0 Å². The van der Waals surface area contributed by atoms with Crippen LogP contribution in [0.5, 0.6) is 5.75 Å². The maximum atomic E-state index is 10.8. The molecule has 0 spiro atoms. The molecule has 0 aliphatic heterocycles. The molecule has 1 rings (SSSR count). The molecule has 0 fully saturated rings. The molecule has 4 nitrogen and oxygen atoms in total. The van der Waals surface area contributed by atoms with Crippen molar-refractivity contribution >= 4 is 5.97 Å². The van der Waals surface area contributed by atoms with Crippen LogP contribution in [-0.4, -0.2) is 21.3 Å². The number of hydrogen-bond acceptors (Lipinski definition) is 3. The van der Waals surface area contributed by atoms with Gasteiger partial charge in [0, 0.05) is 5.56 Å². The van der Waals surface area contributed by atoms with E-state index in [-0.39, 0.29) is 11.3 Å². The number of carbonyl (C=O) groups is 1. The zero-order valence-electron chi connectivity index (χ0n) is 8.64. The van der Waals surface area contributed by atoms with Crippen molar-refractivity contribution in [2.24, 2.45) is 5.92 Å². The van der Waals surface area contributed by atoms with Gasteiger partial charge < -0.3 is 15.3 Å². The lowest BCUT2D eigenvalue weighted by Gasteiger charge is -2.28. The van der Waals surface area contributed by atoms with Gasteiger partial charge in [-0.15, -0.1) is 0 Å². The van der Waals surface area contributed by atoms with Gasteiger partial charge in [0.2, 0.25) is 0 Å². The minimum Gasteiger partial charge on any atom is -0.508 e. The predicted octanol–water partition coefficient (Wildman–Crippen LogP) is 1.32. The molecule has 2 unspecified atom stereocenters. The largest absolute Gasteiger partial charge is 0.508 e. The number of carboxylic acid groups (broad SMARTS) is 1. The third-order valence-corrected chi connectivity index (χ3v) is 2.66. The highest BCUT2D eigenvalue weighted by atomic mass is 16.4. The molecule has 0 heterocycles. The summed E-state index contributed by atoms with van der Waals surface area (Å²) in [6.45, 7) is 2.77. The summed E-state index contributed by atoms with van der Waals surface area (Å²) in [7, 11) is 0. The van der Waals surface area contributed by atoms with Crippen LogP contribution in [0.3, 0.4) is 0 Å². The quantitative estimate of drug-likeness (QED) is 0.703. The number of rotatable bonds is 3. The second kappa shape index (κ2) is 3.90. The van der Waals surface area contributed by atoms with Crippen molar-refractivity contribution < 1.29 is 20.1 Å². The lowest BCUT2D eigenvalue weighted by Crippen LogP contribution is -2.35. The summed E-state index contributed by atoms with van der Waals surface area (Å²) in [5, 5.41) is 28.4. The van der Waals surface area contributed by atoms with E-state index in [4.69, 9.17) is 5.11 Å². The molecule has 0 saturated carbocycles. The van der Waals surface area contributed by atoms with E-state index < -0.39 is 17.5 Å². The highest BCUT2D eigenvalue weighted by Gasteiger charge is 2.37. The van der Waals surface area contributed by atoms with Crippen molar-refractivity contribution in [3.05, 3.63) is 29.8 Å². The molecule has 0 bridgehead atoms. The molecule has 0 saturated heterocycles. The summed E-state index contributed by atoms with van der Waals surface area (Å²) in [5.41, 5.74) is -1.36. The maximum absolute atomic E-state index is 10.8. The summed E-state index contributed by atoms with van der Waals surface area (Å²) < 4.78 is 0. The Labute approximate surface area is 87.8 Å². The first kappa shape index (κ1) is 11.5. The van der Waals surface area contributed by atoms with Gasteiger partial charge in [-0.25, -0.2) is 0 Å². The van der Waals surface area contributed by atoms with E-state index in [2.05, 4.69) is 0 Å². The van der Waals surface area contributed by atoms with Gasteiger partial charge in [-0.05, 0) is 19.9 Å². The normalized spacial score (nSPS) is 16.7. The first-order valence-corrected chi connectivity index (χ1v) is 4.61. The molecular formula is C11H14O4. The van der Waals surface area contributed by atoms with Gasteiger partial charge in [0.25, 0.3) is 0 Å². The van der Waals surface area contributed by atoms with E-state index in [0.717, 1.165) is 0 Å². The average Bonchev–Trinajstić information content (AvgIpc) is 2.16. The second-order valence-corrected chi connectivity index (χ2v) is 3.72. The minimum atomic E-state index is -1.59. The molecule has 4 heteroatoms. The zero-order chi connectivity index (χ0) is 11.6. The Kier molecular flexibility index (Phi) is 3.00. The van der Waals surface area contributed by atoms with Crippen molar-refractivity contribution in [1.29, 1.82) is 0 Å². The van der Waals surface area contributed by atoms with Crippen LogP contribution in [0.25, 0.3) is 0 Å². The van der Waals surface area contributed by atoms with E-state index in [1.807, 2.05) is 0 Å². The number of phenols is 1. The van der Waals surface area contributed by atoms with Crippen LogP contribution in [0.1, 0.15) is 19.4 Å². The number of aromatic hydroxyl groups is 1. The number of carboxylic acids is 1. The lowest BCUT2D eigenvalue weighted by atomic mass is 9.83. The van der Waals surface area contributed by atoms with E-state index in [1.54, 1.807) is 12.1 Å². The highest BCUT2D eigenvalue weighted by molar-refractivity contribution is 5.71. The van der Waals surface area contributed by atoms with Crippen LogP contribution in [0.4, 0.5) is 0 Å². The van der Waals surface area contributed by atoms with Crippen molar-refractivity contribution in [3.63, 3.8) is 0 Å². The number of para-hydroxylation sites is 1. The van der Waals surface area contributed by atoms with Crippen LogP contribution in [0.2, 0.25) is 0 Å². The summed E-state index contributed by atoms with van der Waals surface area (Å²) in [5.74, 6) is -2.20. The minimum absolute atomic E-state index is 0.101. The van der Waals surface area contributed by atoms with Crippen LogP contribution >= 0.6 is 0 Å². The first-order valence-electron chi connectivity index (χ1n) is 4.61. The molecule has 1 aromatic rings.